The van der Waals surface area contributed by atoms with Crippen molar-refractivity contribution in [2.24, 2.45) is 0 Å². The van der Waals surface area contributed by atoms with Crippen molar-refractivity contribution in [3.05, 3.63) is 40.4 Å². The van der Waals surface area contributed by atoms with Gasteiger partial charge in [0, 0.05) is 17.1 Å². The van der Waals surface area contributed by atoms with Gasteiger partial charge in [0.1, 0.15) is 12.6 Å². The predicted octanol–water partition coefficient (Wildman–Crippen LogP) is 2.38. The molecule has 0 saturated carbocycles. The van der Waals surface area contributed by atoms with Crippen molar-refractivity contribution in [2.75, 3.05) is 11.9 Å². The Morgan fingerprint density at radius 2 is 2.04 bits per heavy atom. The van der Waals surface area contributed by atoms with E-state index in [9.17, 15) is 14.4 Å². The summed E-state index contributed by atoms with van der Waals surface area (Å²) in [6.45, 7) is 7.32. The van der Waals surface area contributed by atoms with Gasteiger partial charge in [0.15, 0.2) is 0 Å². The summed E-state index contributed by atoms with van der Waals surface area (Å²) >= 11 is 1.25. The minimum absolute atomic E-state index is 0.146. The van der Waals surface area contributed by atoms with Crippen LogP contribution in [0.1, 0.15) is 25.0 Å². The summed E-state index contributed by atoms with van der Waals surface area (Å²) in [4.78, 5) is 40.4. The van der Waals surface area contributed by atoms with Gasteiger partial charge in [0.25, 0.3) is 5.91 Å². The fourth-order valence-electron chi connectivity index (χ4n) is 3.08. The number of urea groups is 1. The Morgan fingerprint density at radius 1 is 1.31 bits per heavy atom. The van der Waals surface area contributed by atoms with Crippen molar-refractivity contribution < 1.29 is 14.4 Å². The Bertz CT molecular complexity index is 806. The molecule has 7 nitrogen and oxygen atoms in total. The topological polar surface area (TPSA) is 81.8 Å². The molecule has 1 aromatic rings. The van der Waals surface area contributed by atoms with E-state index in [1.807, 2.05) is 32.0 Å². The molecular formula is C18H22N4O3S. The van der Waals surface area contributed by atoms with Crippen LogP contribution in [-0.2, 0) is 9.59 Å². The number of amides is 4. The van der Waals surface area contributed by atoms with E-state index >= 15 is 0 Å². The number of nitrogens with one attached hydrogen (secondary N) is 2. The third-order valence-electron chi connectivity index (χ3n) is 4.37. The van der Waals surface area contributed by atoms with Crippen molar-refractivity contribution in [3.63, 3.8) is 0 Å². The highest BCUT2D eigenvalue weighted by molar-refractivity contribution is 8.00. The standard InChI is InChI=1S/C18H22N4O3S/c1-10(2)22-17(24)16-14(9-26-20-16)21(18(22)25)8-15(23)19-13-6-5-11(3)7-12(13)4/h5-7,9-10,16,20H,8H2,1-4H3,(H,19,23). The molecular weight excluding hydrogens is 352 g/mol. The number of hydrogen-bond donors (Lipinski definition) is 2. The SMILES string of the molecule is Cc1ccc(NC(=O)CN2C(=O)N(C(C)C)C(=O)C3NSC=C32)c(C)c1. The minimum Gasteiger partial charge on any atom is -0.324 e. The van der Waals surface area contributed by atoms with Gasteiger partial charge in [-0.05, 0) is 39.3 Å². The Hall–Kier alpha value is -2.32. The van der Waals surface area contributed by atoms with E-state index < -0.39 is 12.1 Å². The number of imide groups is 1. The summed E-state index contributed by atoms with van der Waals surface area (Å²) in [5, 5.41) is 4.56. The van der Waals surface area contributed by atoms with Crippen molar-refractivity contribution in [3.8, 4) is 0 Å². The summed E-state index contributed by atoms with van der Waals surface area (Å²) in [7, 11) is 0. The molecule has 2 N–H and O–H groups in total. The first-order valence-electron chi connectivity index (χ1n) is 8.42. The first-order valence-corrected chi connectivity index (χ1v) is 9.30. The normalized spacial score (nSPS) is 19.7. The van der Waals surface area contributed by atoms with Gasteiger partial charge in [-0.1, -0.05) is 29.6 Å². The quantitative estimate of drug-likeness (QED) is 0.791. The molecule has 138 valence electrons. The summed E-state index contributed by atoms with van der Waals surface area (Å²) in [6.07, 6.45) is 0. The second kappa shape index (κ2) is 7.13. The van der Waals surface area contributed by atoms with Crippen LogP contribution in [0.4, 0.5) is 10.5 Å². The third kappa shape index (κ3) is 3.34. The predicted molar refractivity (Wildman–Crippen MR) is 101 cm³/mol. The third-order valence-corrected chi connectivity index (χ3v) is 5.10. The summed E-state index contributed by atoms with van der Waals surface area (Å²) < 4.78 is 2.99. The highest BCUT2D eigenvalue weighted by atomic mass is 32.2. The van der Waals surface area contributed by atoms with Crippen molar-refractivity contribution in [1.29, 1.82) is 0 Å². The van der Waals surface area contributed by atoms with Crippen molar-refractivity contribution in [1.82, 2.24) is 14.5 Å². The van der Waals surface area contributed by atoms with E-state index in [2.05, 4.69) is 10.0 Å². The van der Waals surface area contributed by atoms with Crippen LogP contribution in [0.25, 0.3) is 0 Å². The van der Waals surface area contributed by atoms with Gasteiger partial charge in [0.05, 0.1) is 5.70 Å². The zero-order chi connectivity index (χ0) is 19.0. The zero-order valence-corrected chi connectivity index (χ0v) is 16.0. The molecule has 0 bridgehead atoms. The van der Waals surface area contributed by atoms with Gasteiger partial charge in [-0.15, -0.1) is 0 Å². The molecule has 2 aliphatic heterocycles. The first-order chi connectivity index (χ1) is 12.3. The molecule has 2 heterocycles. The molecule has 1 saturated heterocycles. The molecule has 0 radical (unpaired) electrons. The van der Waals surface area contributed by atoms with E-state index in [1.54, 1.807) is 19.3 Å². The number of anilines is 1. The van der Waals surface area contributed by atoms with Crippen LogP contribution in [-0.4, -0.2) is 46.3 Å². The maximum atomic E-state index is 12.8. The average Bonchev–Trinajstić information content (AvgIpc) is 3.04. The number of carbonyl (C=O) groups is 3. The lowest BCUT2D eigenvalue weighted by Gasteiger charge is -2.39. The monoisotopic (exact) mass is 374 g/mol. The fourth-order valence-corrected chi connectivity index (χ4v) is 3.89. The van der Waals surface area contributed by atoms with Crippen LogP contribution in [0.15, 0.2) is 29.3 Å². The van der Waals surface area contributed by atoms with E-state index in [1.165, 1.54) is 21.7 Å². The Balaban J connectivity index is 1.79. The lowest BCUT2D eigenvalue weighted by molar-refractivity contribution is -0.133. The molecule has 26 heavy (non-hydrogen) atoms. The van der Waals surface area contributed by atoms with Gasteiger partial charge in [-0.2, -0.15) is 0 Å². The number of aryl methyl sites for hydroxylation is 2. The molecule has 8 heteroatoms. The molecule has 1 fully saturated rings. The first kappa shape index (κ1) is 18.5. The lowest BCUT2D eigenvalue weighted by Crippen LogP contribution is -2.62. The molecule has 1 atom stereocenters. The Kier molecular flexibility index (Phi) is 5.06. The maximum Gasteiger partial charge on any atom is 0.331 e. The van der Waals surface area contributed by atoms with E-state index in [0.717, 1.165) is 11.1 Å². The van der Waals surface area contributed by atoms with Gasteiger partial charge >= 0.3 is 6.03 Å². The molecule has 0 aromatic heterocycles. The molecule has 1 unspecified atom stereocenters. The smallest absolute Gasteiger partial charge is 0.324 e. The van der Waals surface area contributed by atoms with Gasteiger partial charge < -0.3 is 5.32 Å². The van der Waals surface area contributed by atoms with Gasteiger partial charge in [-0.3, -0.25) is 19.4 Å². The maximum absolute atomic E-state index is 12.8. The second-order valence-corrected chi connectivity index (χ2v) is 7.46. The Morgan fingerprint density at radius 3 is 2.69 bits per heavy atom. The average molecular weight is 374 g/mol. The lowest BCUT2D eigenvalue weighted by atomic mass is 10.1. The van der Waals surface area contributed by atoms with Crippen molar-refractivity contribution >= 4 is 35.5 Å². The zero-order valence-electron chi connectivity index (χ0n) is 15.2. The number of benzene rings is 1. The van der Waals surface area contributed by atoms with Crippen LogP contribution in [0.2, 0.25) is 0 Å². The summed E-state index contributed by atoms with van der Waals surface area (Å²) in [6, 6.07) is 4.40. The van der Waals surface area contributed by atoms with Crippen LogP contribution in [0, 0.1) is 13.8 Å². The van der Waals surface area contributed by atoms with Crippen LogP contribution in [0.3, 0.4) is 0 Å². The molecule has 0 spiro atoms. The van der Waals surface area contributed by atoms with Crippen LogP contribution >= 0.6 is 11.9 Å². The number of carbonyl (C=O) groups excluding carboxylic acids is 3. The number of fused-ring (bicyclic) bond motifs is 1. The summed E-state index contributed by atoms with van der Waals surface area (Å²) in [5.41, 5.74) is 3.31. The number of rotatable bonds is 4. The molecule has 2 aliphatic rings. The Labute approximate surface area is 156 Å². The van der Waals surface area contributed by atoms with E-state index in [4.69, 9.17) is 0 Å². The van der Waals surface area contributed by atoms with Crippen LogP contribution < -0.4 is 10.0 Å². The largest absolute Gasteiger partial charge is 0.331 e. The van der Waals surface area contributed by atoms with Gasteiger partial charge in [0.2, 0.25) is 5.91 Å². The van der Waals surface area contributed by atoms with Crippen molar-refractivity contribution in [2.45, 2.75) is 39.8 Å². The fraction of sp³-hybridized carbons (Fsp3) is 0.389. The number of nitrogens with zero attached hydrogens (tertiary/aromatic N) is 2. The second-order valence-electron chi connectivity index (χ2n) is 6.75. The highest BCUT2D eigenvalue weighted by Gasteiger charge is 2.46. The van der Waals surface area contributed by atoms with E-state index in [-0.39, 0.29) is 24.4 Å². The molecule has 1 aromatic carbocycles. The molecule has 3 rings (SSSR count). The summed E-state index contributed by atoms with van der Waals surface area (Å²) in [5.74, 6) is -0.591. The van der Waals surface area contributed by atoms with Gasteiger partial charge in [-0.25, -0.2) is 9.52 Å². The van der Waals surface area contributed by atoms with Crippen LogP contribution in [0.5, 0.6) is 0 Å². The highest BCUT2D eigenvalue weighted by Crippen LogP contribution is 2.30. The molecule has 0 aliphatic carbocycles. The van der Waals surface area contributed by atoms with E-state index in [0.29, 0.717) is 11.4 Å². The number of hydrogen-bond acceptors (Lipinski definition) is 5. The minimum atomic E-state index is -0.603. The molecule has 4 amide bonds.